The predicted octanol–water partition coefficient (Wildman–Crippen LogP) is 2.42. The monoisotopic (exact) mass is 333 g/mol. The van der Waals surface area contributed by atoms with Crippen LogP contribution in [0.3, 0.4) is 0 Å². The number of aromatic nitrogens is 1. The highest BCUT2D eigenvalue weighted by molar-refractivity contribution is 5.92. The molecular weight excluding hydrogens is 316 g/mol. The van der Waals surface area contributed by atoms with Gasteiger partial charge in [0, 0.05) is 26.1 Å². The van der Waals surface area contributed by atoms with E-state index in [1.807, 2.05) is 0 Å². The van der Waals surface area contributed by atoms with Gasteiger partial charge in [0.15, 0.2) is 0 Å². The lowest BCUT2D eigenvalue weighted by atomic mass is 10.2. The highest BCUT2D eigenvalue weighted by Crippen LogP contribution is 2.23. The number of pyridine rings is 1. The highest BCUT2D eigenvalue weighted by atomic mass is 19.1. The van der Waals surface area contributed by atoms with Gasteiger partial charge >= 0.3 is 0 Å². The van der Waals surface area contributed by atoms with Crippen LogP contribution in [0.25, 0.3) is 0 Å². The third kappa shape index (κ3) is 4.58. The van der Waals surface area contributed by atoms with Gasteiger partial charge in [0.1, 0.15) is 17.3 Å². The van der Waals surface area contributed by atoms with E-state index < -0.39 is 23.2 Å². The van der Waals surface area contributed by atoms with Crippen LogP contribution >= 0.6 is 0 Å². The number of amides is 2. The smallest absolute Gasteiger partial charge is 0.224 e. The van der Waals surface area contributed by atoms with Crippen LogP contribution in [-0.2, 0) is 16.1 Å². The van der Waals surface area contributed by atoms with Crippen LogP contribution in [0.4, 0.5) is 14.5 Å². The maximum absolute atomic E-state index is 13.8. The Kier molecular flexibility index (Phi) is 5.95. The topological polar surface area (TPSA) is 62.3 Å². The zero-order valence-electron chi connectivity index (χ0n) is 13.1. The number of hydrogen-bond donors (Lipinski definition) is 1. The van der Waals surface area contributed by atoms with Crippen molar-refractivity contribution in [3.63, 3.8) is 0 Å². The Morgan fingerprint density at radius 3 is 2.42 bits per heavy atom. The molecule has 7 heteroatoms. The van der Waals surface area contributed by atoms with Crippen molar-refractivity contribution < 1.29 is 18.4 Å². The number of rotatable bonds is 6. The number of halogens is 2. The standard InChI is InChI=1S/C17H17F2N3O2/c1-12(23)22(17-14(18)6-4-7-15(17)19)10-8-16(24)21-11-13-5-2-3-9-20-13/h2-7,9H,8,10-11H2,1H3,(H,21,24). The van der Waals surface area contributed by atoms with Gasteiger partial charge in [0.25, 0.3) is 0 Å². The molecule has 2 amide bonds. The molecule has 0 saturated heterocycles. The zero-order chi connectivity index (χ0) is 17.5. The Hall–Kier alpha value is -2.83. The summed E-state index contributed by atoms with van der Waals surface area (Å²) in [5.74, 6) is -2.58. The van der Waals surface area contributed by atoms with Gasteiger partial charge in [-0.3, -0.25) is 14.6 Å². The number of nitrogens with one attached hydrogen (secondary N) is 1. The molecule has 0 fully saturated rings. The van der Waals surface area contributed by atoms with Crippen LogP contribution < -0.4 is 10.2 Å². The molecule has 1 N–H and O–H groups in total. The summed E-state index contributed by atoms with van der Waals surface area (Å²) in [6, 6.07) is 8.67. The first kappa shape index (κ1) is 17.5. The van der Waals surface area contributed by atoms with Crippen LogP contribution in [0.2, 0.25) is 0 Å². The van der Waals surface area contributed by atoms with Gasteiger partial charge in [0.2, 0.25) is 11.8 Å². The fraction of sp³-hybridized carbons (Fsp3) is 0.235. The van der Waals surface area contributed by atoms with Crippen molar-refractivity contribution in [1.82, 2.24) is 10.3 Å². The minimum Gasteiger partial charge on any atom is -0.350 e. The Morgan fingerprint density at radius 2 is 1.83 bits per heavy atom. The van der Waals surface area contributed by atoms with E-state index in [0.717, 1.165) is 17.0 Å². The number of nitrogens with zero attached hydrogens (tertiary/aromatic N) is 2. The number of carbonyl (C=O) groups is 2. The molecule has 1 heterocycles. The summed E-state index contributed by atoms with van der Waals surface area (Å²) in [5, 5.41) is 2.65. The lowest BCUT2D eigenvalue weighted by Crippen LogP contribution is -2.35. The molecule has 0 atom stereocenters. The van der Waals surface area contributed by atoms with Crippen LogP contribution in [-0.4, -0.2) is 23.3 Å². The fourth-order valence-electron chi connectivity index (χ4n) is 2.17. The van der Waals surface area contributed by atoms with Gasteiger partial charge in [-0.1, -0.05) is 12.1 Å². The average Bonchev–Trinajstić information content (AvgIpc) is 2.56. The minimum atomic E-state index is -0.848. The number of para-hydroxylation sites is 1. The normalized spacial score (nSPS) is 10.3. The Labute approximate surface area is 138 Å². The molecular formula is C17H17F2N3O2. The van der Waals surface area contributed by atoms with Crippen LogP contribution in [0.15, 0.2) is 42.6 Å². The molecule has 0 bridgehead atoms. The molecule has 0 radical (unpaired) electrons. The first-order valence-electron chi connectivity index (χ1n) is 7.37. The van der Waals surface area contributed by atoms with E-state index in [9.17, 15) is 18.4 Å². The molecule has 0 aliphatic rings. The number of hydrogen-bond acceptors (Lipinski definition) is 3. The van der Waals surface area contributed by atoms with Gasteiger partial charge in [-0.2, -0.15) is 0 Å². The van der Waals surface area contributed by atoms with Crippen molar-refractivity contribution >= 4 is 17.5 Å². The van der Waals surface area contributed by atoms with E-state index in [1.165, 1.54) is 13.0 Å². The van der Waals surface area contributed by atoms with Crippen molar-refractivity contribution in [3.8, 4) is 0 Å². The lowest BCUT2D eigenvalue weighted by molar-refractivity contribution is -0.121. The highest BCUT2D eigenvalue weighted by Gasteiger charge is 2.20. The van der Waals surface area contributed by atoms with Gasteiger partial charge in [-0.05, 0) is 24.3 Å². The molecule has 0 unspecified atom stereocenters. The molecule has 2 aromatic rings. The molecule has 2 rings (SSSR count). The summed E-state index contributed by atoms with van der Waals surface area (Å²) < 4.78 is 27.6. The van der Waals surface area contributed by atoms with Crippen molar-refractivity contribution in [1.29, 1.82) is 0 Å². The molecule has 24 heavy (non-hydrogen) atoms. The second-order valence-corrected chi connectivity index (χ2v) is 5.09. The fourth-order valence-corrected chi connectivity index (χ4v) is 2.17. The summed E-state index contributed by atoms with van der Waals surface area (Å²) in [4.78, 5) is 28.6. The molecule has 0 aliphatic carbocycles. The average molecular weight is 333 g/mol. The van der Waals surface area contributed by atoms with Crippen molar-refractivity contribution in [2.45, 2.75) is 19.9 Å². The van der Waals surface area contributed by atoms with E-state index in [0.29, 0.717) is 5.69 Å². The third-order valence-corrected chi connectivity index (χ3v) is 3.34. The van der Waals surface area contributed by atoms with Gasteiger partial charge in [-0.15, -0.1) is 0 Å². The molecule has 5 nitrogen and oxygen atoms in total. The van der Waals surface area contributed by atoms with E-state index in [1.54, 1.807) is 24.4 Å². The van der Waals surface area contributed by atoms with Crippen LogP contribution in [0.5, 0.6) is 0 Å². The number of benzene rings is 1. The van der Waals surface area contributed by atoms with E-state index >= 15 is 0 Å². The summed E-state index contributed by atoms with van der Waals surface area (Å²) >= 11 is 0. The summed E-state index contributed by atoms with van der Waals surface area (Å²) in [6.45, 7) is 1.31. The first-order valence-corrected chi connectivity index (χ1v) is 7.37. The van der Waals surface area contributed by atoms with E-state index in [-0.39, 0.29) is 25.4 Å². The van der Waals surface area contributed by atoms with Crippen molar-refractivity contribution in [3.05, 3.63) is 59.9 Å². The van der Waals surface area contributed by atoms with Crippen molar-refractivity contribution in [2.24, 2.45) is 0 Å². The van der Waals surface area contributed by atoms with Crippen molar-refractivity contribution in [2.75, 3.05) is 11.4 Å². The van der Waals surface area contributed by atoms with E-state index in [4.69, 9.17) is 0 Å². The molecule has 1 aromatic heterocycles. The summed E-state index contributed by atoms with van der Waals surface area (Å²) in [7, 11) is 0. The Bertz CT molecular complexity index is 703. The van der Waals surface area contributed by atoms with Gasteiger partial charge < -0.3 is 10.2 Å². The van der Waals surface area contributed by atoms with Crippen LogP contribution in [0.1, 0.15) is 19.0 Å². The SMILES string of the molecule is CC(=O)N(CCC(=O)NCc1ccccn1)c1c(F)cccc1F. The summed E-state index contributed by atoms with van der Waals surface area (Å²) in [5.41, 5.74) is 0.247. The summed E-state index contributed by atoms with van der Waals surface area (Å²) in [6.07, 6.45) is 1.53. The Balaban J connectivity index is 1.97. The maximum atomic E-state index is 13.8. The number of anilines is 1. The predicted molar refractivity (Wildman–Crippen MR) is 85.1 cm³/mol. The molecule has 0 saturated carbocycles. The molecule has 126 valence electrons. The second kappa shape index (κ2) is 8.14. The largest absolute Gasteiger partial charge is 0.350 e. The Morgan fingerprint density at radius 1 is 1.12 bits per heavy atom. The van der Waals surface area contributed by atoms with Gasteiger partial charge in [-0.25, -0.2) is 8.78 Å². The second-order valence-electron chi connectivity index (χ2n) is 5.09. The molecule has 0 spiro atoms. The molecule has 1 aromatic carbocycles. The molecule has 0 aliphatic heterocycles. The minimum absolute atomic E-state index is 0.0831. The number of carbonyl (C=O) groups excluding carboxylic acids is 2. The quantitative estimate of drug-likeness (QED) is 0.883. The first-order chi connectivity index (χ1) is 11.5. The maximum Gasteiger partial charge on any atom is 0.224 e. The van der Waals surface area contributed by atoms with E-state index in [2.05, 4.69) is 10.3 Å². The van der Waals surface area contributed by atoms with Crippen LogP contribution in [0, 0.1) is 11.6 Å². The lowest BCUT2D eigenvalue weighted by Gasteiger charge is -2.22. The zero-order valence-corrected chi connectivity index (χ0v) is 13.1. The van der Waals surface area contributed by atoms with Gasteiger partial charge in [0.05, 0.1) is 12.2 Å². The third-order valence-electron chi connectivity index (χ3n) is 3.34.